The second-order valence-corrected chi connectivity index (χ2v) is 12.0. The molecule has 12 heteroatoms. The molecule has 8 rings (SSSR count). The van der Waals surface area contributed by atoms with Crippen LogP contribution in [0, 0.1) is 58.2 Å². The third-order valence-electron chi connectivity index (χ3n) is 8.24. The van der Waals surface area contributed by atoms with Gasteiger partial charge in [-0.05, 0) is 66.0 Å². The fourth-order valence-electron chi connectivity index (χ4n) is 6.51. The Hall–Kier alpha value is -3.90. The molecule has 8 aromatic rings. The fourth-order valence-corrected chi connectivity index (χ4v) is 7.63. The van der Waals surface area contributed by atoms with Gasteiger partial charge in [0.05, 0.1) is 11.1 Å². The van der Waals surface area contributed by atoms with Gasteiger partial charge in [0.1, 0.15) is 0 Å². The maximum Gasteiger partial charge on any atom is 0.200 e. The molecule has 0 bridgehead atoms. The van der Waals surface area contributed by atoms with Gasteiger partial charge in [-0.1, -0.05) is 56.1 Å². The third-order valence-corrected chi connectivity index (χ3v) is 9.55. The Kier molecular flexibility index (Phi) is 5.56. The average Bonchev–Trinajstić information content (AvgIpc) is 3.37. The molecule has 0 aromatic heterocycles. The molecule has 44 heavy (non-hydrogen) atoms. The number of benzene rings is 7. The Morgan fingerprint density at radius 2 is 0.614 bits per heavy atom. The topological polar surface area (TPSA) is 0 Å². The molecule has 0 N–H and O–H groups in total. The Morgan fingerprint density at radius 1 is 0.318 bits per heavy atom. The third kappa shape index (κ3) is 3.10. The van der Waals surface area contributed by atoms with E-state index in [1.807, 2.05) is 0 Å². The van der Waals surface area contributed by atoms with Crippen LogP contribution in [0.4, 0.5) is 43.9 Å². The van der Waals surface area contributed by atoms with Crippen LogP contribution in [-0.4, -0.2) is 0 Å². The van der Waals surface area contributed by atoms with Gasteiger partial charge in [0.2, 0.25) is 11.6 Å². The number of rotatable bonds is 2. The SMILES string of the molecule is Fc1c(F)c(F)c(-c2c(-c3c(F)c(F)c(F)c(F)c3F)c3cc(Br)c4ccc5ccc6c(Br)cc2c2c6c5c4c32)c(F)c1F. The van der Waals surface area contributed by atoms with E-state index in [1.165, 1.54) is 12.1 Å². The summed E-state index contributed by atoms with van der Waals surface area (Å²) in [5, 5.41) is 3.37. The summed E-state index contributed by atoms with van der Waals surface area (Å²) < 4.78 is 150. The van der Waals surface area contributed by atoms with E-state index in [-0.39, 0.29) is 30.5 Å². The second-order valence-electron chi connectivity index (χ2n) is 10.3. The minimum atomic E-state index is -2.50. The molecule has 218 valence electrons. The minimum absolute atomic E-state index is 0.231. The van der Waals surface area contributed by atoms with E-state index in [4.69, 9.17) is 0 Å². The molecule has 0 fully saturated rings. The lowest BCUT2D eigenvalue weighted by molar-refractivity contribution is 0.380. The van der Waals surface area contributed by atoms with E-state index < -0.39 is 80.4 Å². The Bertz CT molecular complexity index is 2340. The van der Waals surface area contributed by atoms with E-state index in [0.29, 0.717) is 32.3 Å². The van der Waals surface area contributed by atoms with E-state index >= 15 is 17.6 Å². The molecule has 0 aliphatic heterocycles. The highest BCUT2D eigenvalue weighted by Crippen LogP contribution is 2.57. The van der Waals surface area contributed by atoms with E-state index in [9.17, 15) is 26.3 Å². The van der Waals surface area contributed by atoms with Crippen LogP contribution in [0.1, 0.15) is 0 Å². The summed E-state index contributed by atoms with van der Waals surface area (Å²) in [5.74, 6) is -23.9. The molecule has 0 amide bonds. The quantitative estimate of drug-likeness (QED) is 0.0717. The predicted octanol–water partition coefficient (Wildman–Crippen LogP) is 12.0. The smallest absolute Gasteiger partial charge is 0.200 e. The molecule has 0 heterocycles. The zero-order valence-electron chi connectivity index (χ0n) is 21.0. The van der Waals surface area contributed by atoms with Crippen molar-refractivity contribution in [3.05, 3.63) is 104 Å². The van der Waals surface area contributed by atoms with Crippen LogP contribution in [0.15, 0.2) is 45.3 Å². The average molecular weight is 740 g/mol. The van der Waals surface area contributed by atoms with Crippen molar-refractivity contribution in [3.8, 4) is 22.3 Å². The first-order chi connectivity index (χ1) is 20.9. The van der Waals surface area contributed by atoms with Crippen molar-refractivity contribution in [2.45, 2.75) is 0 Å². The van der Waals surface area contributed by atoms with Crippen LogP contribution in [0.3, 0.4) is 0 Å². The zero-order chi connectivity index (χ0) is 31.3. The van der Waals surface area contributed by atoms with Gasteiger partial charge in [0.25, 0.3) is 0 Å². The van der Waals surface area contributed by atoms with Crippen LogP contribution in [0.5, 0.6) is 0 Å². The van der Waals surface area contributed by atoms with Crippen molar-refractivity contribution in [1.82, 2.24) is 0 Å². The van der Waals surface area contributed by atoms with Gasteiger partial charge in [0.15, 0.2) is 46.5 Å². The Balaban J connectivity index is 1.80. The van der Waals surface area contributed by atoms with Gasteiger partial charge in [-0.15, -0.1) is 0 Å². The maximum absolute atomic E-state index is 15.6. The standard InChI is InChI=1S/C32H6Br2F10/c33-12-5-10-17-15-8(12)3-1-7-2-4-9-13(34)6-11(18(17)16(9)14(7)15)20(22-25(37)29(41)32(44)30(42)26(22)38)19(10)21-23(35)27(39)31(43)28(40)24(21)36/h1-6H. The highest BCUT2D eigenvalue weighted by Gasteiger charge is 2.36. The highest BCUT2D eigenvalue weighted by atomic mass is 79.9. The van der Waals surface area contributed by atoms with Crippen LogP contribution in [-0.2, 0) is 0 Å². The summed E-state index contributed by atoms with van der Waals surface area (Å²) in [5.41, 5.74) is -5.12. The van der Waals surface area contributed by atoms with E-state index in [1.54, 1.807) is 24.3 Å². The Labute approximate surface area is 254 Å². The Morgan fingerprint density at radius 3 is 0.955 bits per heavy atom. The summed E-state index contributed by atoms with van der Waals surface area (Å²) in [6, 6.07) is 9.54. The van der Waals surface area contributed by atoms with Gasteiger partial charge in [-0.25, -0.2) is 43.9 Å². The van der Waals surface area contributed by atoms with Crippen LogP contribution >= 0.6 is 31.9 Å². The lowest BCUT2D eigenvalue weighted by Crippen LogP contribution is -2.08. The van der Waals surface area contributed by atoms with Gasteiger partial charge in [0, 0.05) is 20.1 Å². The number of hydrogen-bond acceptors (Lipinski definition) is 0. The van der Waals surface area contributed by atoms with Crippen LogP contribution in [0.25, 0.3) is 76.1 Å². The van der Waals surface area contributed by atoms with E-state index in [2.05, 4.69) is 31.9 Å². The first-order valence-electron chi connectivity index (χ1n) is 12.5. The molecule has 0 aliphatic carbocycles. The van der Waals surface area contributed by atoms with Gasteiger partial charge < -0.3 is 0 Å². The molecule has 0 atom stereocenters. The highest BCUT2D eigenvalue weighted by molar-refractivity contribution is 9.11. The molecule has 0 spiro atoms. The first-order valence-corrected chi connectivity index (χ1v) is 14.1. The molecular weight excluding hydrogens is 734 g/mol. The van der Waals surface area contributed by atoms with Gasteiger partial charge in [-0.3, -0.25) is 0 Å². The minimum Gasteiger partial charge on any atom is -0.203 e. The zero-order valence-corrected chi connectivity index (χ0v) is 24.2. The summed E-state index contributed by atoms with van der Waals surface area (Å²) in [6.07, 6.45) is 0. The van der Waals surface area contributed by atoms with Crippen molar-refractivity contribution >= 4 is 85.7 Å². The largest absolute Gasteiger partial charge is 0.203 e. The molecule has 8 aromatic carbocycles. The summed E-state index contributed by atoms with van der Waals surface area (Å²) in [6.45, 7) is 0. The predicted molar refractivity (Wildman–Crippen MR) is 153 cm³/mol. The second kappa shape index (κ2) is 8.85. The monoisotopic (exact) mass is 738 g/mol. The maximum atomic E-state index is 15.6. The number of halogens is 12. The number of hydrogen-bond donors (Lipinski definition) is 0. The normalized spacial score (nSPS) is 12.5. The molecule has 0 nitrogen and oxygen atoms in total. The molecule has 0 aliphatic rings. The fraction of sp³-hybridized carbons (Fsp3) is 0. The summed E-state index contributed by atoms with van der Waals surface area (Å²) in [7, 11) is 0. The summed E-state index contributed by atoms with van der Waals surface area (Å²) in [4.78, 5) is 0. The molecule has 0 saturated heterocycles. The molecule has 0 saturated carbocycles. The molecule has 0 unspecified atom stereocenters. The van der Waals surface area contributed by atoms with Crippen molar-refractivity contribution in [1.29, 1.82) is 0 Å². The van der Waals surface area contributed by atoms with Gasteiger partial charge in [-0.2, -0.15) is 0 Å². The van der Waals surface area contributed by atoms with Crippen molar-refractivity contribution in [2.75, 3.05) is 0 Å². The lowest BCUT2D eigenvalue weighted by atomic mass is 9.83. The molecule has 0 radical (unpaired) electrons. The lowest BCUT2D eigenvalue weighted by Gasteiger charge is -2.21. The first kappa shape index (κ1) is 27.6. The van der Waals surface area contributed by atoms with Crippen LogP contribution < -0.4 is 0 Å². The van der Waals surface area contributed by atoms with Crippen LogP contribution in [0.2, 0.25) is 0 Å². The van der Waals surface area contributed by atoms with Crippen molar-refractivity contribution < 1.29 is 43.9 Å². The molecular formula is C32H6Br2F10. The van der Waals surface area contributed by atoms with Gasteiger partial charge >= 0.3 is 0 Å². The van der Waals surface area contributed by atoms with Crippen molar-refractivity contribution in [3.63, 3.8) is 0 Å². The summed E-state index contributed by atoms with van der Waals surface area (Å²) >= 11 is 6.76. The van der Waals surface area contributed by atoms with Crippen molar-refractivity contribution in [2.24, 2.45) is 0 Å². The van der Waals surface area contributed by atoms with E-state index in [0.717, 1.165) is 0 Å².